The van der Waals surface area contributed by atoms with E-state index in [0.717, 1.165) is 16.7 Å². The molecule has 2 atom stereocenters. The predicted octanol–water partition coefficient (Wildman–Crippen LogP) is 6.32. The molecule has 0 spiro atoms. The Labute approximate surface area is 228 Å². The fourth-order valence-electron chi connectivity index (χ4n) is 4.03. The maximum atomic E-state index is 12.9. The van der Waals surface area contributed by atoms with Gasteiger partial charge in [-0.2, -0.15) is 0 Å². The molecule has 0 radical (unpaired) electrons. The molecule has 4 rings (SSSR count). The minimum atomic E-state index is -3.71. The summed E-state index contributed by atoms with van der Waals surface area (Å²) in [7, 11) is -3.71. The third-order valence-electron chi connectivity index (χ3n) is 5.68. The van der Waals surface area contributed by atoms with E-state index in [-0.39, 0.29) is 24.4 Å². The molecular formula is C30H34N2O2RuS+2. The van der Waals surface area contributed by atoms with Gasteiger partial charge in [-0.05, 0) is 51.0 Å². The zero-order valence-corrected chi connectivity index (χ0v) is 23.7. The van der Waals surface area contributed by atoms with Gasteiger partial charge in [-0.25, -0.2) is 13.1 Å². The Kier molecular flexibility index (Phi) is 11.2. The summed E-state index contributed by atoms with van der Waals surface area (Å²) in [6.07, 6.45) is 0. The van der Waals surface area contributed by atoms with Crippen molar-refractivity contribution < 1.29 is 27.9 Å². The van der Waals surface area contributed by atoms with E-state index in [1.54, 1.807) is 24.3 Å². The molecule has 0 saturated heterocycles. The van der Waals surface area contributed by atoms with E-state index in [1.807, 2.05) is 67.6 Å². The van der Waals surface area contributed by atoms with Gasteiger partial charge in [0.25, 0.3) is 0 Å². The number of nitrogens with two attached hydrogens (primary N) is 1. The van der Waals surface area contributed by atoms with Crippen LogP contribution in [-0.4, -0.2) is 8.42 Å². The third kappa shape index (κ3) is 8.49. The number of hydrogen-bond acceptors (Lipinski definition) is 3. The summed E-state index contributed by atoms with van der Waals surface area (Å²) in [6.45, 7) is 8.29. The molecule has 0 fully saturated rings. The Morgan fingerprint density at radius 3 is 1.47 bits per heavy atom. The van der Waals surface area contributed by atoms with E-state index in [9.17, 15) is 8.42 Å². The van der Waals surface area contributed by atoms with Crippen LogP contribution in [-0.2, 0) is 29.5 Å². The molecule has 188 valence electrons. The first-order valence-electron chi connectivity index (χ1n) is 11.6. The molecule has 0 amide bonds. The second kappa shape index (κ2) is 13.6. The van der Waals surface area contributed by atoms with Crippen LogP contribution in [0.25, 0.3) is 0 Å². The molecule has 4 aromatic rings. The molecule has 6 heteroatoms. The summed E-state index contributed by atoms with van der Waals surface area (Å²) in [5.74, 6) is 0. The predicted molar refractivity (Wildman–Crippen MR) is 145 cm³/mol. The normalized spacial score (nSPS) is 12.5. The van der Waals surface area contributed by atoms with Gasteiger partial charge in [0.2, 0.25) is 10.0 Å². The van der Waals surface area contributed by atoms with Crippen molar-refractivity contribution in [2.75, 3.05) is 0 Å². The van der Waals surface area contributed by atoms with Crippen molar-refractivity contribution in [1.29, 1.82) is 0 Å². The van der Waals surface area contributed by atoms with Crippen molar-refractivity contribution in [2.24, 2.45) is 5.73 Å². The number of benzene rings is 4. The molecule has 0 aromatic heterocycles. The average molecular weight is 588 g/mol. The summed E-state index contributed by atoms with van der Waals surface area (Å²) in [5, 5.41) is 0. The van der Waals surface area contributed by atoms with Crippen molar-refractivity contribution in [3.05, 3.63) is 137 Å². The first-order valence-corrected chi connectivity index (χ1v) is 13.1. The van der Waals surface area contributed by atoms with Crippen LogP contribution >= 0.6 is 0 Å². The average Bonchev–Trinajstić information content (AvgIpc) is 2.83. The van der Waals surface area contributed by atoms with Crippen LogP contribution in [0, 0.1) is 27.7 Å². The molecule has 0 aliphatic rings. The summed E-state index contributed by atoms with van der Waals surface area (Å²) in [5.41, 5.74) is 13.2. The van der Waals surface area contributed by atoms with E-state index < -0.39 is 22.1 Å². The molecule has 0 unspecified atom stereocenters. The Hall–Kier alpha value is -2.63. The minimum Gasteiger partial charge on any atom is -0.322 e. The van der Waals surface area contributed by atoms with Crippen molar-refractivity contribution in [3.63, 3.8) is 0 Å². The summed E-state index contributed by atoms with van der Waals surface area (Å²) in [6, 6.07) is 31.1. The second-order valence-electron chi connectivity index (χ2n) is 8.92. The topological polar surface area (TPSA) is 72.2 Å². The molecule has 4 nitrogen and oxygen atoms in total. The quantitative estimate of drug-likeness (QED) is 0.259. The van der Waals surface area contributed by atoms with Gasteiger partial charge < -0.3 is 5.73 Å². The molecular weight excluding hydrogens is 553 g/mol. The Balaban J connectivity index is 0.000000386. The Bertz CT molecular complexity index is 1280. The van der Waals surface area contributed by atoms with Gasteiger partial charge in [-0.15, -0.1) is 0 Å². The molecule has 0 aliphatic heterocycles. The van der Waals surface area contributed by atoms with Crippen LogP contribution in [0.5, 0.6) is 0 Å². The van der Waals surface area contributed by atoms with E-state index >= 15 is 0 Å². The van der Waals surface area contributed by atoms with Crippen molar-refractivity contribution in [2.45, 2.75) is 44.7 Å². The van der Waals surface area contributed by atoms with E-state index in [1.165, 1.54) is 16.7 Å². The van der Waals surface area contributed by atoms with Crippen LogP contribution in [0.15, 0.2) is 108 Å². The standard InChI is InChI=1S/C21H22N2O2S.C9H12.Ru/c1-16-12-14-19(15-13-16)26(24,25)23-21(18-10-6-3-7-11-18)20(22)17-8-4-2-5-9-17;1-7-4-8(2)6-9(3)5-7;/h2-15,20-21,23H,22H2,1H3;4-6H,1-3H3;/q;;+2/t20-,21-;;/m1../s1. The number of rotatable bonds is 6. The van der Waals surface area contributed by atoms with Gasteiger partial charge in [0, 0.05) is 0 Å². The van der Waals surface area contributed by atoms with E-state index in [2.05, 4.69) is 43.7 Å². The fourth-order valence-corrected chi connectivity index (χ4v) is 5.28. The summed E-state index contributed by atoms with van der Waals surface area (Å²) in [4.78, 5) is 0.226. The number of aryl methyl sites for hydroxylation is 4. The molecule has 4 aromatic carbocycles. The van der Waals surface area contributed by atoms with Crippen LogP contribution in [0.3, 0.4) is 0 Å². The van der Waals surface area contributed by atoms with Gasteiger partial charge in [-0.1, -0.05) is 113 Å². The van der Waals surface area contributed by atoms with Crippen LogP contribution in [0.1, 0.15) is 45.5 Å². The zero-order valence-electron chi connectivity index (χ0n) is 21.1. The van der Waals surface area contributed by atoms with Gasteiger partial charge in [-0.3, -0.25) is 0 Å². The van der Waals surface area contributed by atoms with Gasteiger partial charge in [0.05, 0.1) is 17.0 Å². The first kappa shape index (κ1) is 29.6. The fraction of sp³-hybridized carbons (Fsp3) is 0.200. The SMILES string of the molecule is Cc1cc(C)cc(C)c1.Cc1ccc(S(=O)(=O)N[C@H](c2ccccc2)[C@H](N)c2ccccc2)cc1.[Ru+2]. The molecule has 0 bridgehead atoms. The Morgan fingerprint density at radius 1 is 0.611 bits per heavy atom. The van der Waals surface area contributed by atoms with Gasteiger partial charge >= 0.3 is 19.5 Å². The smallest absolute Gasteiger partial charge is 0.322 e. The maximum Gasteiger partial charge on any atom is 2.00 e. The van der Waals surface area contributed by atoms with Crippen molar-refractivity contribution >= 4 is 10.0 Å². The number of nitrogens with one attached hydrogen (secondary N) is 1. The van der Waals surface area contributed by atoms with Crippen molar-refractivity contribution in [1.82, 2.24) is 4.72 Å². The monoisotopic (exact) mass is 588 g/mol. The van der Waals surface area contributed by atoms with Gasteiger partial charge in [0.1, 0.15) is 0 Å². The molecule has 36 heavy (non-hydrogen) atoms. The zero-order chi connectivity index (χ0) is 25.4. The molecule has 0 heterocycles. The molecule has 0 saturated carbocycles. The maximum absolute atomic E-state index is 12.9. The van der Waals surface area contributed by atoms with Crippen LogP contribution in [0.4, 0.5) is 0 Å². The van der Waals surface area contributed by atoms with Gasteiger partial charge in [0.15, 0.2) is 0 Å². The third-order valence-corrected chi connectivity index (χ3v) is 7.14. The molecule has 3 N–H and O–H groups in total. The number of sulfonamides is 1. The first-order chi connectivity index (χ1) is 16.7. The summed E-state index contributed by atoms with van der Waals surface area (Å²) < 4.78 is 28.6. The second-order valence-corrected chi connectivity index (χ2v) is 10.6. The largest absolute Gasteiger partial charge is 2.00 e. The van der Waals surface area contributed by atoms with Crippen LogP contribution in [0.2, 0.25) is 0 Å². The Morgan fingerprint density at radius 2 is 1.03 bits per heavy atom. The van der Waals surface area contributed by atoms with Crippen LogP contribution < -0.4 is 10.5 Å². The molecule has 0 aliphatic carbocycles. The number of hydrogen-bond donors (Lipinski definition) is 2. The summed E-state index contributed by atoms with van der Waals surface area (Å²) >= 11 is 0. The minimum absolute atomic E-state index is 0. The van der Waals surface area contributed by atoms with E-state index in [0.29, 0.717) is 0 Å². The van der Waals surface area contributed by atoms with Crippen molar-refractivity contribution in [3.8, 4) is 0 Å². The van der Waals surface area contributed by atoms with E-state index in [4.69, 9.17) is 5.73 Å².